The van der Waals surface area contributed by atoms with Crippen LogP contribution in [0.3, 0.4) is 0 Å². The molecule has 2 nitrogen and oxygen atoms in total. The lowest BCUT2D eigenvalue weighted by molar-refractivity contribution is 0.660. The summed E-state index contributed by atoms with van der Waals surface area (Å²) in [5.41, 5.74) is 18.2. The Morgan fingerprint density at radius 1 is 0.414 bits per heavy atom. The van der Waals surface area contributed by atoms with Gasteiger partial charge in [0, 0.05) is 38.8 Å². The van der Waals surface area contributed by atoms with E-state index in [1.165, 1.54) is 88.3 Å². The van der Waals surface area contributed by atoms with Gasteiger partial charge < -0.3 is 9.47 Å². The van der Waals surface area contributed by atoms with Gasteiger partial charge in [-0.1, -0.05) is 147 Å². The van der Waals surface area contributed by atoms with Gasteiger partial charge in [-0.15, -0.1) is 0 Å². The first-order valence-electron chi connectivity index (χ1n) is 20.3. The van der Waals surface area contributed by atoms with Crippen molar-refractivity contribution >= 4 is 49.6 Å². The molecule has 2 heteroatoms. The van der Waals surface area contributed by atoms with Crippen LogP contribution in [0.2, 0.25) is 0 Å². The van der Waals surface area contributed by atoms with E-state index < -0.39 is 0 Å². The fourth-order valence-electron chi connectivity index (χ4n) is 9.64. The third-order valence-electron chi connectivity index (χ3n) is 12.5. The molecule has 0 spiro atoms. The molecule has 0 unspecified atom stereocenters. The molecule has 58 heavy (non-hydrogen) atoms. The van der Waals surface area contributed by atoms with Crippen LogP contribution in [0.15, 0.2) is 200 Å². The van der Waals surface area contributed by atoms with E-state index in [4.69, 9.17) is 0 Å². The molecular formula is C56H42N2. The Labute approximate surface area is 339 Å². The van der Waals surface area contributed by atoms with Crippen molar-refractivity contribution in [1.29, 1.82) is 0 Å². The summed E-state index contributed by atoms with van der Waals surface area (Å²) in [6, 6.07) is 73.8. The number of hydrogen-bond donors (Lipinski definition) is 0. The Bertz CT molecular complexity index is 3150. The van der Waals surface area contributed by atoms with Gasteiger partial charge in [-0.05, 0) is 129 Å². The zero-order valence-electron chi connectivity index (χ0n) is 32.9. The largest absolute Gasteiger partial charge is 0.310 e. The van der Waals surface area contributed by atoms with Crippen molar-refractivity contribution in [1.82, 2.24) is 4.57 Å². The summed E-state index contributed by atoms with van der Waals surface area (Å²) in [5.74, 6) is 0. The van der Waals surface area contributed by atoms with Crippen LogP contribution in [0, 0.1) is 6.92 Å². The molecule has 276 valence electrons. The number of aryl methyl sites for hydroxylation is 1. The summed E-state index contributed by atoms with van der Waals surface area (Å²) in [5, 5.41) is 5.02. The maximum Gasteiger partial charge on any atom is 0.0569 e. The average Bonchev–Trinajstić information content (AvgIpc) is 3.73. The zero-order valence-corrected chi connectivity index (χ0v) is 32.9. The van der Waals surface area contributed by atoms with Crippen LogP contribution in [0.4, 0.5) is 17.1 Å². The molecule has 10 aromatic rings. The summed E-state index contributed by atoms with van der Waals surface area (Å²) in [4.78, 5) is 2.50. The fourth-order valence-corrected chi connectivity index (χ4v) is 9.64. The monoisotopic (exact) mass is 742 g/mol. The Hall–Kier alpha value is -7.16. The SMILES string of the molecule is Cc1cc(-c2ccc3ccccc3c2)cc(-c2ccccc2)c1N(c1ccc(-n2c3ccccc3c3ccccc32)cc1)c1ccc2c(c1)C(C)(C)c1ccccc1-2. The molecule has 1 aliphatic rings. The minimum absolute atomic E-state index is 0.134. The highest BCUT2D eigenvalue weighted by Gasteiger charge is 2.36. The van der Waals surface area contributed by atoms with Crippen LogP contribution in [0.1, 0.15) is 30.5 Å². The quantitative estimate of drug-likeness (QED) is 0.165. The van der Waals surface area contributed by atoms with Crippen molar-refractivity contribution < 1.29 is 0 Å². The topological polar surface area (TPSA) is 8.17 Å². The van der Waals surface area contributed by atoms with Crippen molar-refractivity contribution in [2.45, 2.75) is 26.2 Å². The first kappa shape index (κ1) is 34.1. The molecule has 1 aromatic heterocycles. The van der Waals surface area contributed by atoms with Gasteiger partial charge in [0.2, 0.25) is 0 Å². The summed E-state index contributed by atoms with van der Waals surface area (Å²) in [6.45, 7) is 7.01. The predicted octanol–water partition coefficient (Wildman–Crippen LogP) is 15.4. The van der Waals surface area contributed by atoms with Crippen LogP contribution in [-0.4, -0.2) is 4.57 Å². The van der Waals surface area contributed by atoms with Crippen LogP contribution in [0.5, 0.6) is 0 Å². The van der Waals surface area contributed by atoms with E-state index in [1.807, 2.05) is 0 Å². The maximum atomic E-state index is 2.50. The molecule has 0 fully saturated rings. The predicted molar refractivity (Wildman–Crippen MR) is 246 cm³/mol. The molecule has 0 aliphatic heterocycles. The molecular weight excluding hydrogens is 701 g/mol. The molecule has 0 amide bonds. The second kappa shape index (κ2) is 13.2. The first-order valence-corrected chi connectivity index (χ1v) is 20.3. The van der Waals surface area contributed by atoms with E-state index in [2.05, 4.69) is 230 Å². The molecule has 0 saturated heterocycles. The smallest absolute Gasteiger partial charge is 0.0569 e. The molecule has 0 radical (unpaired) electrons. The van der Waals surface area contributed by atoms with Crippen molar-refractivity contribution in [3.63, 3.8) is 0 Å². The Kier molecular flexibility index (Phi) is 7.78. The highest BCUT2D eigenvalue weighted by atomic mass is 15.1. The zero-order chi connectivity index (χ0) is 39.0. The second-order valence-electron chi connectivity index (χ2n) is 16.2. The Morgan fingerprint density at radius 3 is 1.79 bits per heavy atom. The van der Waals surface area contributed by atoms with Crippen molar-refractivity contribution in [3.8, 4) is 39.1 Å². The third-order valence-corrected chi connectivity index (χ3v) is 12.5. The van der Waals surface area contributed by atoms with Crippen molar-refractivity contribution in [2.75, 3.05) is 4.90 Å². The van der Waals surface area contributed by atoms with Crippen LogP contribution in [0.25, 0.3) is 71.6 Å². The van der Waals surface area contributed by atoms with E-state index in [-0.39, 0.29) is 5.41 Å². The first-order chi connectivity index (χ1) is 28.4. The van der Waals surface area contributed by atoms with E-state index >= 15 is 0 Å². The van der Waals surface area contributed by atoms with Crippen LogP contribution in [-0.2, 0) is 5.41 Å². The lowest BCUT2D eigenvalue weighted by atomic mass is 9.82. The molecule has 1 heterocycles. The average molecular weight is 743 g/mol. The lowest BCUT2D eigenvalue weighted by Crippen LogP contribution is -2.17. The Balaban J connectivity index is 1.14. The van der Waals surface area contributed by atoms with Crippen molar-refractivity contribution in [3.05, 3.63) is 217 Å². The van der Waals surface area contributed by atoms with E-state index in [0.29, 0.717) is 0 Å². The number of aromatic nitrogens is 1. The minimum Gasteiger partial charge on any atom is -0.310 e. The molecule has 0 saturated carbocycles. The molecule has 1 aliphatic carbocycles. The maximum absolute atomic E-state index is 2.50. The van der Waals surface area contributed by atoms with Gasteiger partial charge in [-0.3, -0.25) is 0 Å². The number of benzene rings is 9. The van der Waals surface area contributed by atoms with Gasteiger partial charge in [0.1, 0.15) is 0 Å². The lowest BCUT2D eigenvalue weighted by Gasteiger charge is -2.31. The number of hydrogen-bond acceptors (Lipinski definition) is 1. The van der Waals surface area contributed by atoms with Gasteiger partial charge in [-0.25, -0.2) is 0 Å². The normalized spacial score (nSPS) is 12.9. The summed E-state index contributed by atoms with van der Waals surface area (Å²) in [7, 11) is 0. The molecule has 0 N–H and O–H groups in total. The third kappa shape index (κ3) is 5.33. The highest BCUT2D eigenvalue weighted by Crippen LogP contribution is 2.52. The highest BCUT2D eigenvalue weighted by molar-refractivity contribution is 6.09. The number of fused-ring (bicyclic) bond motifs is 7. The van der Waals surface area contributed by atoms with E-state index in [0.717, 1.165) is 17.1 Å². The van der Waals surface area contributed by atoms with Gasteiger partial charge >= 0.3 is 0 Å². The fraction of sp³-hybridized carbons (Fsp3) is 0.0714. The van der Waals surface area contributed by atoms with Gasteiger partial charge in [0.25, 0.3) is 0 Å². The van der Waals surface area contributed by atoms with E-state index in [1.54, 1.807) is 0 Å². The number of anilines is 3. The number of rotatable bonds is 6. The molecule has 0 atom stereocenters. The summed E-state index contributed by atoms with van der Waals surface area (Å²) >= 11 is 0. The minimum atomic E-state index is -0.134. The molecule has 0 bridgehead atoms. The number of para-hydroxylation sites is 2. The molecule has 11 rings (SSSR count). The van der Waals surface area contributed by atoms with Crippen molar-refractivity contribution in [2.24, 2.45) is 0 Å². The van der Waals surface area contributed by atoms with Crippen LogP contribution < -0.4 is 4.90 Å². The molecule has 9 aromatic carbocycles. The number of nitrogens with zero attached hydrogens (tertiary/aromatic N) is 2. The second-order valence-corrected chi connectivity index (χ2v) is 16.2. The van der Waals surface area contributed by atoms with Crippen LogP contribution >= 0.6 is 0 Å². The van der Waals surface area contributed by atoms with Gasteiger partial charge in [0.15, 0.2) is 0 Å². The summed E-state index contributed by atoms with van der Waals surface area (Å²) in [6.07, 6.45) is 0. The van der Waals surface area contributed by atoms with E-state index in [9.17, 15) is 0 Å². The van der Waals surface area contributed by atoms with Gasteiger partial charge in [-0.2, -0.15) is 0 Å². The standard InChI is InChI=1S/C56H42N2/c1-37-33-42(41-26-25-38-15-7-8-18-40(38)34-41)35-50(39-16-5-4-6-17-39)55(37)57(45-31-32-47-46-19-9-12-22-51(46)56(2,3)52(47)36-45)43-27-29-44(30-28-43)58-53-23-13-10-20-48(53)49-21-11-14-24-54(49)58/h4-36H,1-3H3. The van der Waals surface area contributed by atoms with Gasteiger partial charge in [0.05, 0.1) is 16.7 Å². The Morgan fingerprint density at radius 2 is 1.03 bits per heavy atom. The summed E-state index contributed by atoms with van der Waals surface area (Å²) < 4.78 is 2.40.